The fourth-order valence-electron chi connectivity index (χ4n) is 7.66. The average Bonchev–Trinajstić information content (AvgIpc) is 3.22. The van der Waals surface area contributed by atoms with Gasteiger partial charge < -0.3 is 5.32 Å². The van der Waals surface area contributed by atoms with Gasteiger partial charge in [-0.25, -0.2) is 9.97 Å². The molecule has 8 aromatic carbocycles. The molecule has 1 aromatic heterocycles. The summed E-state index contributed by atoms with van der Waals surface area (Å²) < 4.78 is 0. The van der Waals surface area contributed by atoms with E-state index in [-0.39, 0.29) is 6.04 Å². The molecule has 2 heterocycles. The van der Waals surface area contributed by atoms with Crippen LogP contribution in [0.4, 0.5) is 0 Å². The highest BCUT2D eigenvalue weighted by molar-refractivity contribution is 6.07. The van der Waals surface area contributed by atoms with Crippen LogP contribution in [-0.2, 0) is 0 Å². The van der Waals surface area contributed by atoms with Gasteiger partial charge in [0.15, 0.2) is 11.7 Å². The largest absolute Gasteiger partial charge is 0.337 e. The number of hydrogen-bond donors (Lipinski definition) is 1. The molecular formula is C48H32N4. The molecule has 1 aliphatic rings. The zero-order chi connectivity index (χ0) is 34.4. The van der Waals surface area contributed by atoms with Crippen LogP contribution >= 0.6 is 0 Å². The van der Waals surface area contributed by atoms with Crippen molar-refractivity contribution in [1.82, 2.24) is 15.3 Å². The van der Waals surface area contributed by atoms with E-state index in [0.29, 0.717) is 11.7 Å². The molecule has 0 radical (unpaired) electrons. The lowest BCUT2D eigenvalue weighted by atomic mass is 9.95. The van der Waals surface area contributed by atoms with Crippen LogP contribution < -0.4 is 5.32 Å². The average molecular weight is 665 g/mol. The predicted octanol–water partition coefficient (Wildman–Crippen LogP) is 11.6. The van der Waals surface area contributed by atoms with E-state index in [9.17, 15) is 0 Å². The third-order valence-electron chi connectivity index (χ3n) is 10.1. The molecule has 244 valence electrons. The van der Waals surface area contributed by atoms with Crippen LogP contribution in [0.3, 0.4) is 0 Å². The van der Waals surface area contributed by atoms with Gasteiger partial charge in [0, 0.05) is 22.4 Å². The summed E-state index contributed by atoms with van der Waals surface area (Å²) in [4.78, 5) is 16.1. The van der Waals surface area contributed by atoms with E-state index < -0.39 is 0 Å². The third kappa shape index (κ3) is 5.21. The second-order valence-corrected chi connectivity index (χ2v) is 13.2. The number of aromatic nitrogens is 2. The normalized spacial score (nSPS) is 14.3. The summed E-state index contributed by atoms with van der Waals surface area (Å²) in [5, 5.41) is 13.1. The maximum atomic E-state index is 5.43. The first kappa shape index (κ1) is 30.0. The Balaban J connectivity index is 1.22. The lowest BCUT2D eigenvalue weighted by Gasteiger charge is -2.24. The van der Waals surface area contributed by atoms with Crippen molar-refractivity contribution in [2.45, 2.75) is 6.04 Å². The van der Waals surface area contributed by atoms with E-state index in [1.807, 2.05) is 0 Å². The van der Waals surface area contributed by atoms with Gasteiger partial charge in [0.05, 0.1) is 17.4 Å². The van der Waals surface area contributed by atoms with Crippen molar-refractivity contribution in [2.24, 2.45) is 4.99 Å². The van der Waals surface area contributed by atoms with Crippen LogP contribution in [0.15, 0.2) is 187 Å². The smallest absolute Gasteiger partial charge is 0.196 e. The Hall–Kier alpha value is -6.91. The van der Waals surface area contributed by atoms with Gasteiger partial charge in [0.1, 0.15) is 0 Å². The Morgan fingerprint density at radius 1 is 0.404 bits per heavy atom. The first-order valence-electron chi connectivity index (χ1n) is 17.6. The van der Waals surface area contributed by atoms with E-state index in [1.165, 1.54) is 21.5 Å². The summed E-state index contributed by atoms with van der Waals surface area (Å²) in [5.41, 5.74) is 7.01. The van der Waals surface area contributed by atoms with E-state index in [2.05, 4.69) is 187 Å². The molecular weight excluding hydrogens is 633 g/mol. The fraction of sp³-hybridized carbons (Fsp3) is 0.0208. The van der Waals surface area contributed by atoms with Crippen LogP contribution in [-0.4, -0.2) is 15.8 Å². The Kier molecular flexibility index (Phi) is 7.17. The van der Waals surface area contributed by atoms with Gasteiger partial charge >= 0.3 is 0 Å². The molecule has 4 heteroatoms. The van der Waals surface area contributed by atoms with Crippen LogP contribution in [0.2, 0.25) is 0 Å². The van der Waals surface area contributed by atoms with Crippen molar-refractivity contribution < 1.29 is 0 Å². The van der Waals surface area contributed by atoms with Crippen LogP contribution in [0.1, 0.15) is 23.0 Å². The molecule has 0 amide bonds. The Bertz CT molecular complexity index is 2780. The maximum absolute atomic E-state index is 5.43. The number of hydrogen-bond acceptors (Lipinski definition) is 4. The van der Waals surface area contributed by atoms with Crippen molar-refractivity contribution in [2.75, 3.05) is 0 Å². The summed E-state index contributed by atoms with van der Waals surface area (Å²) in [6.07, 6.45) is 2.24. The van der Waals surface area contributed by atoms with Gasteiger partial charge in [-0.15, -0.1) is 0 Å². The third-order valence-corrected chi connectivity index (χ3v) is 10.1. The molecule has 0 saturated heterocycles. The standard InChI is InChI=1S/C48H32N4/c1-5-21-35-31(13-1)17-9-25-39(35)43-29-44(40-26-10-18-32-14-2-6-22-36(32)40)50-47(49-43)48-51-45(41-27-11-19-33-15-3-7-23-37(33)41)30-46(52-48)42-28-12-20-34-16-4-8-24-38(34)42/h1-30,43H,(H,49,50). The fourth-order valence-corrected chi connectivity index (χ4v) is 7.66. The zero-order valence-electron chi connectivity index (χ0n) is 28.2. The molecule has 0 aliphatic carbocycles. The monoisotopic (exact) mass is 664 g/mol. The Morgan fingerprint density at radius 2 is 0.827 bits per heavy atom. The summed E-state index contributed by atoms with van der Waals surface area (Å²) in [5.74, 6) is 1.18. The zero-order valence-corrected chi connectivity index (χ0v) is 28.2. The summed E-state index contributed by atoms with van der Waals surface area (Å²) in [6.45, 7) is 0. The minimum Gasteiger partial charge on any atom is -0.337 e. The van der Waals surface area contributed by atoms with E-state index in [0.717, 1.165) is 60.9 Å². The van der Waals surface area contributed by atoms with Gasteiger partial charge in [-0.3, -0.25) is 4.99 Å². The molecule has 1 aliphatic heterocycles. The molecule has 0 fully saturated rings. The number of aliphatic imine (C=N–C) groups is 1. The van der Waals surface area contributed by atoms with E-state index in [4.69, 9.17) is 15.0 Å². The molecule has 1 unspecified atom stereocenters. The SMILES string of the molecule is C1=C(c2cccc3ccccc23)NC(c2nc(-c3cccc4ccccc34)cc(-c3cccc4ccccc34)n2)=NC1c1cccc2ccccc12. The highest BCUT2D eigenvalue weighted by Gasteiger charge is 2.24. The second kappa shape index (κ2) is 12.4. The van der Waals surface area contributed by atoms with Crippen molar-refractivity contribution >= 4 is 54.6 Å². The Morgan fingerprint density at radius 3 is 1.38 bits per heavy atom. The maximum Gasteiger partial charge on any atom is 0.196 e. The number of amidine groups is 1. The topological polar surface area (TPSA) is 50.2 Å². The second-order valence-electron chi connectivity index (χ2n) is 13.2. The summed E-state index contributed by atoms with van der Waals surface area (Å²) in [7, 11) is 0. The number of nitrogens with one attached hydrogen (secondary N) is 1. The summed E-state index contributed by atoms with van der Waals surface area (Å²) >= 11 is 0. The molecule has 0 saturated carbocycles. The molecule has 52 heavy (non-hydrogen) atoms. The van der Waals surface area contributed by atoms with Crippen LogP contribution in [0.25, 0.3) is 71.3 Å². The summed E-state index contributed by atoms with van der Waals surface area (Å²) in [6, 6.07) is 61.6. The molecule has 0 bridgehead atoms. The van der Waals surface area contributed by atoms with Crippen molar-refractivity contribution in [3.63, 3.8) is 0 Å². The van der Waals surface area contributed by atoms with Gasteiger partial charge in [-0.05, 0) is 60.8 Å². The molecule has 10 rings (SSSR count). The van der Waals surface area contributed by atoms with Gasteiger partial charge in [-0.2, -0.15) is 0 Å². The minimum atomic E-state index is -0.276. The first-order valence-corrected chi connectivity index (χ1v) is 17.6. The number of rotatable bonds is 5. The highest BCUT2D eigenvalue weighted by atomic mass is 15.1. The van der Waals surface area contributed by atoms with Gasteiger partial charge in [0.2, 0.25) is 0 Å². The van der Waals surface area contributed by atoms with Crippen LogP contribution in [0.5, 0.6) is 0 Å². The molecule has 9 aromatic rings. The van der Waals surface area contributed by atoms with Gasteiger partial charge in [-0.1, -0.05) is 170 Å². The van der Waals surface area contributed by atoms with Gasteiger partial charge in [0.25, 0.3) is 0 Å². The molecule has 1 N–H and O–H groups in total. The number of nitrogens with zero attached hydrogens (tertiary/aromatic N) is 3. The lowest BCUT2D eigenvalue weighted by molar-refractivity contribution is 0.881. The van der Waals surface area contributed by atoms with Crippen molar-refractivity contribution in [1.29, 1.82) is 0 Å². The quantitative estimate of drug-likeness (QED) is 0.199. The van der Waals surface area contributed by atoms with Crippen molar-refractivity contribution in [3.05, 3.63) is 199 Å². The molecule has 4 nitrogen and oxygen atoms in total. The Labute approximate surface area is 301 Å². The molecule has 1 atom stereocenters. The lowest BCUT2D eigenvalue weighted by Crippen LogP contribution is -2.30. The number of benzene rings is 8. The molecule has 0 spiro atoms. The predicted molar refractivity (Wildman–Crippen MR) is 216 cm³/mol. The van der Waals surface area contributed by atoms with E-state index >= 15 is 0 Å². The van der Waals surface area contributed by atoms with E-state index in [1.54, 1.807) is 0 Å². The first-order chi connectivity index (χ1) is 25.8. The minimum absolute atomic E-state index is 0.276. The number of fused-ring (bicyclic) bond motifs is 4. The highest BCUT2D eigenvalue weighted by Crippen LogP contribution is 2.36. The van der Waals surface area contributed by atoms with Crippen LogP contribution in [0, 0.1) is 0 Å². The van der Waals surface area contributed by atoms with Crippen molar-refractivity contribution in [3.8, 4) is 22.5 Å².